The quantitative estimate of drug-likeness (QED) is 0.865. The molecule has 0 saturated carbocycles. The maximum absolute atomic E-state index is 11.2. The van der Waals surface area contributed by atoms with E-state index in [1.165, 1.54) is 12.1 Å². The number of hydrogen-bond donors (Lipinski definition) is 2. The van der Waals surface area contributed by atoms with Crippen molar-refractivity contribution >= 4 is 5.97 Å². The Bertz CT molecular complexity index is 551. The van der Waals surface area contributed by atoms with Crippen LogP contribution in [-0.2, 0) is 16.1 Å². The average molecular weight is 258 g/mol. The molecule has 0 radical (unpaired) electrons. The molecule has 0 bridgehead atoms. The summed E-state index contributed by atoms with van der Waals surface area (Å²) in [5.41, 5.74) is 1.32. The van der Waals surface area contributed by atoms with E-state index < -0.39 is 12.1 Å². The van der Waals surface area contributed by atoms with Crippen molar-refractivity contribution in [2.24, 2.45) is 0 Å². The fourth-order valence-corrected chi connectivity index (χ4v) is 1.75. The maximum atomic E-state index is 11.2. The van der Waals surface area contributed by atoms with Gasteiger partial charge in [0.15, 0.2) is 6.10 Å². The molecule has 1 unspecified atom stereocenters. The summed E-state index contributed by atoms with van der Waals surface area (Å²) in [6, 6.07) is 15.4. The molecule has 2 aromatic rings. The number of phenols is 1. The van der Waals surface area contributed by atoms with Gasteiger partial charge in [0.25, 0.3) is 0 Å². The van der Waals surface area contributed by atoms with Crippen molar-refractivity contribution in [1.82, 2.24) is 0 Å². The zero-order valence-electron chi connectivity index (χ0n) is 10.2. The number of hydrogen-bond acceptors (Lipinski definition) is 3. The number of aliphatic carboxylic acids is 1. The predicted octanol–water partition coefficient (Wildman–Crippen LogP) is 2.73. The Morgan fingerprint density at radius 2 is 1.84 bits per heavy atom. The van der Waals surface area contributed by atoms with Crippen molar-refractivity contribution in [2.45, 2.75) is 12.7 Å². The van der Waals surface area contributed by atoms with Gasteiger partial charge < -0.3 is 14.9 Å². The highest BCUT2D eigenvalue weighted by atomic mass is 16.5. The van der Waals surface area contributed by atoms with Crippen LogP contribution in [0.1, 0.15) is 17.2 Å². The molecule has 0 heterocycles. The van der Waals surface area contributed by atoms with Gasteiger partial charge in [-0.2, -0.15) is 0 Å². The molecule has 0 amide bonds. The maximum Gasteiger partial charge on any atom is 0.337 e. The second-order valence-electron chi connectivity index (χ2n) is 4.11. The van der Waals surface area contributed by atoms with Gasteiger partial charge in [-0.05, 0) is 23.3 Å². The molecular weight excluding hydrogens is 244 g/mol. The molecule has 0 fully saturated rings. The highest BCUT2D eigenvalue weighted by molar-refractivity contribution is 5.74. The molecule has 0 aliphatic heterocycles. The monoisotopic (exact) mass is 258 g/mol. The highest BCUT2D eigenvalue weighted by Gasteiger charge is 2.20. The van der Waals surface area contributed by atoms with Crippen LogP contribution in [0, 0.1) is 0 Å². The lowest BCUT2D eigenvalue weighted by molar-refractivity contribution is -0.151. The van der Waals surface area contributed by atoms with E-state index in [1.807, 2.05) is 30.3 Å². The first kappa shape index (κ1) is 13.1. The minimum atomic E-state index is -1.09. The first-order valence-corrected chi connectivity index (χ1v) is 5.84. The normalized spacial score (nSPS) is 12.0. The first-order valence-electron chi connectivity index (χ1n) is 5.84. The fourth-order valence-electron chi connectivity index (χ4n) is 1.75. The Morgan fingerprint density at radius 3 is 2.47 bits per heavy atom. The summed E-state index contributed by atoms with van der Waals surface area (Å²) in [6.45, 7) is 0.202. The van der Waals surface area contributed by atoms with Crippen LogP contribution in [0.5, 0.6) is 5.75 Å². The van der Waals surface area contributed by atoms with Gasteiger partial charge in [-0.1, -0.05) is 42.5 Å². The third kappa shape index (κ3) is 3.56. The third-order valence-corrected chi connectivity index (χ3v) is 2.66. The van der Waals surface area contributed by atoms with Gasteiger partial charge in [-0.25, -0.2) is 4.79 Å². The van der Waals surface area contributed by atoms with Gasteiger partial charge in [-0.15, -0.1) is 0 Å². The second-order valence-corrected chi connectivity index (χ2v) is 4.11. The standard InChI is InChI=1S/C15H14O4/c16-13-8-4-7-12(9-13)14(15(17)18)19-10-11-5-2-1-3-6-11/h1-9,14,16H,10H2,(H,17,18). The van der Waals surface area contributed by atoms with Crippen LogP contribution >= 0.6 is 0 Å². The van der Waals surface area contributed by atoms with Gasteiger partial charge in [0.2, 0.25) is 0 Å². The lowest BCUT2D eigenvalue weighted by Gasteiger charge is -2.14. The molecule has 1 atom stereocenters. The smallest absolute Gasteiger partial charge is 0.337 e. The van der Waals surface area contributed by atoms with E-state index in [0.29, 0.717) is 5.56 Å². The molecule has 4 heteroatoms. The van der Waals surface area contributed by atoms with E-state index in [9.17, 15) is 15.0 Å². The largest absolute Gasteiger partial charge is 0.508 e. The van der Waals surface area contributed by atoms with Crippen LogP contribution in [0.15, 0.2) is 54.6 Å². The summed E-state index contributed by atoms with van der Waals surface area (Å²) in [4.78, 5) is 11.2. The van der Waals surface area contributed by atoms with Crippen LogP contribution < -0.4 is 0 Å². The van der Waals surface area contributed by atoms with E-state index in [0.717, 1.165) is 5.56 Å². The molecule has 0 aromatic heterocycles. The van der Waals surface area contributed by atoms with Crippen molar-refractivity contribution in [3.8, 4) is 5.75 Å². The second kappa shape index (κ2) is 6.02. The molecule has 98 valence electrons. The van der Waals surface area contributed by atoms with Crippen LogP contribution in [0.4, 0.5) is 0 Å². The Morgan fingerprint density at radius 1 is 1.11 bits per heavy atom. The Hall–Kier alpha value is -2.33. The number of phenolic OH excluding ortho intramolecular Hbond substituents is 1. The van der Waals surface area contributed by atoms with E-state index >= 15 is 0 Å². The van der Waals surface area contributed by atoms with E-state index in [2.05, 4.69) is 0 Å². The molecule has 0 spiro atoms. The van der Waals surface area contributed by atoms with Crippen LogP contribution in [0.2, 0.25) is 0 Å². The lowest BCUT2D eigenvalue weighted by Crippen LogP contribution is -2.15. The number of ether oxygens (including phenoxy) is 1. The van der Waals surface area contributed by atoms with Crippen LogP contribution in [0.3, 0.4) is 0 Å². The van der Waals surface area contributed by atoms with Crippen LogP contribution in [-0.4, -0.2) is 16.2 Å². The number of carboxylic acids is 1. The zero-order chi connectivity index (χ0) is 13.7. The minimum absolute atomic E-state index is 0.0204. The van der Waals surface area contributed by atoms with Gasteiger partial charge in [0.1, 0.15) is 5.75 Å². The Kier molecular flexibility index (Phi) is 4.15. The molecule has 0 aliphatic carbocycles. The van der Waals surface area contributed by atoms with Gasteiger partial charge >= 0.3 is 5.97 Å². The molecule has 19 heavy (non-hydrogen) atoms. The Labute approximate surface area is 110 Å². The fraction of sp³-hybridized carbons (Fsp3) is 0.133. The topological polar surface area (TPSA) is 66.8 Å². The molecule has 2 N–H and O–H groups in total. The molecule has 0 saturated heterocycles. The number of carbonyl (C=O) groups is 1. The van der Waals surface area contributed by atoms with E-state index in [4.69, 9.17) is 4.74 Å². The van der Waals surface area contributed by atoms with Crippen LogP contribution in [0.25, 0.3) is 0 Å². The summed E-state index contributed by atoms with van der Waals surface area (Å²) in [5, 5.41) is 18.6. The Balaban J connectivity index is 2.11. The van der Waals surface area contributed by atoms with E-state index in [-0.39, 0.29) is 12.4 Å². The first-order chi connectivity index (χ1) is 9.16. The minimum Gasteiger partial charge on any atom is -0.508 e. The lowest BCUT2D eigenvalue weighted by atomic mass is 10.1. The summed E-state index contributed by atoms with van der Waals surface area (Å²) in [7, 11) is 0. The summed E-state index contributed by atoms with van der Waals surface area (Å²) < 4.78 is 5.42. The van der Waals surface area contributed by atoms with Gasteiger partial charge in [-0.3, -0.25) is 0 Å². The third-order valence-electron chi connectivity index (χ3n) is 2.66. The number of aromatic hydroxyl groups is 1. The molecule has 4 nitrogen and oxygen atoms in total. The molecule has 0 aliphatic rings. The SMILES string of the molecule is O=C(O)C(OCc1ccccc1)c1cccc(O)c1. The highest BCUT2D eigenvalue weighted by Crippen LogP contribution is 2.22. The summed E-state index contributed by atoms with van der Waals surface area (Å²) >= 11 is 0. The molecular formula is C15H14O4. The van der Waals surface area contributed by atoms with Gasteiger partial charge in [0.05, 0.1) is 6.61 Å². The number of rotatable bonds is 5. The van der Waals surface area contributed by atoms with Crippen molar-refractivity contribution in [2.75, 3.05) is 0 Å². The van der Waals surface area contributed by atoms with E-state index in [1.54, 1.807) is 12.1 Å². The summed E-state index contributed by atoms with van der Waals surface area (Å²) in [6.07, 6.45) is -1.09. The molecule has 2 aromatic carbocycles. The molecule has 2 rings (SSSR count). The van der Waals surface area contributed by atoms with Crippen molar-refractivity contribution < 1.29 is 19.7 Å². The van der Waals surface area contributed by atoms with Gasteiger partial charge in [0, 0.05) is 0 Å². The van der Waals surface area contributed by atoms with Crippen molar-refractivity contribution in [3.63, 3.8) is 0 Å². The number of carboxylic acid groups (broad SMARTS) is 1. The summed E-state index contributed by atoms with van der Waals surface area (Å²) in [5.74, 6) is -1.06. The van der Waals surface area contributed by atoms with Crippen molar-refractivity contribution in [3.05, 3.63) is 65.7 Å². The average Bonchev–Trinajstić information content (AvgIpc) is 2.40. The predicted molar refractivity (Wildman–Crippen MR) is 69.7 cm³/mol. The number of benzene rings is 2. The zero-order valence-corrected chi connectivity index (χ0v) is 10.2. The van der Waals surface area contributed by atoms with Crippen molar-refractivity contribution in [1.29, 1.82) is 0 Å².